The van der Waals surface area contributed by atoms with Gasteiger partial charge in [0.25, 0.3) is 0 Å². The van der Waals surface area contributed by atoms with E-state index >= 15 is 0 Å². The normalized spacial score (nSPS) is 25.8. The summed E-state index contributed by atoms with van der Waals surface area (Å²) >= 11 is 0. The van der Waals surface area contributed by atoms with Gasteiger partial charge in [-0.05, 0) is 36.8 Å². The van der Waals surface area contributed by atoms with Crippen molar-refractivity contribution < 1.29 is 22.6 Å². The fraction of sp³-hybridized carbons (Fsp3) is 0.350. The third-order valence-electron chi connectivity index (χ3n) is 5.17. The van der Waals surface area contributed by atoms with Crippen LogP contribution in [-0.2, 0) is 14.6 Å². The highest BCUT2D eigenvalue weighted by Gasteiger charge is 2.72. The molecule has 2 aliphatic rings. The summed E-state index contributed by atoms with van der Waals surface area (Å²) in [7, 11) is -3.70. The van der Waals surface area contributed by atoms with E-state index < -0.39 is 26.4 Å². The molecule has 0 bridgehead atoms. The van der Waals surface area contributed by atoms with Gasteiger partial charge in [-0.3, -0.25) is 0 Å². The van der Waals surface area contributed by atoms with Gasteiger partial charge >= 0.3 is 0 Å². The summed E-state index contributed by atoms with van der Waals surface area (Å²) in [6.45, 7) is 2.44. The lowest BCUT2D eigenvalue weighted by molar-refractivity contribution is 0.117. The number of hydrogen-bond acceptors (Lipinski definition) is 6. The van der Waals surface area contributed by atoms with Gasteiger partial charge in [0.15, 0.2) is 21.3 Å². The topological polar surface area (TPSA) is 85.6 Å². The fourth-order valence-electron chi connectivity index (χ4n) is 3.80. The zero-order valence-corrected chi connectivity index (χ0v) is 15.6. The second-order valence-corrected chi connectivity index (χ2v) is 8.73. The largest absolute Gasteiger partial charge is 0.454 e. The third kappa shape index (κ3) is 2.76. The number of benzene rings is 2. The first-order valence-electron chi connectivity index (χ1n) is 8.72. The first kappa shape index (κ1) is 17.8. The summed E-state index contributed by atoms with van der Waals surface area (Å²) in [6.07, 6.45) is 0. The Morgan fingerprint density at radius 3 is 2.63 bits per heavy atom. The minimum Gasteiger partial charge on any atom is -0.454 e. The Labute approximate surface area is 158 Å². The molecule has 1 aliphatic heterocycles. The molecule has 2 aromatic rings. The molecule has 27 heavy (non-hydrogen) atoms. The van der Waals surface area contributed by atoms with E-state index in [9.17, 15) is 13.7 Å². The lowest BCUT2D eigenvalue weighted by atomic mass is 10.0. The Kier molecular flexibility index (Phi) is 4.33. The minimum atomic E-state index is -3.70. The molecule has 1 aliphatic carbocycles. The molecule has 0 aromatic heterocycles. The van der Waals surface area contributed by atoms with Crippen LogP contribution in [0.5, 0.6) is 11.5 Å². The molecule has 0 saturated heterocycles. The molecular weight excluding hydrogens is 366 g/mol. The van der Waals surface area contributed by atoms with Crippen molar-refractivity contribution in [3.63, 3.8) is 0 Å². The molecule has 1 saturated carbocycles. The SMILES string of the molecule is CCOC[C@@]1(C#N)[C@H](c2ccc3c(c2)OCO3)[C@@H]1S(=O)(=O)c1ccccc1. The second-order valence-electron chi connectivity index (χ2n) is 6.66. The molecule has 0 unspecified atom stereocenters. The molecule has 140 valence electrons. The maximum absolute atomic E-state index is 13.3. The molecule has 0 spiro atoms. The Morgan fingerprint density at radius 2 is 1.93 bits per heavy atom. The van der Waals surface area contributed by atoms with Crippen molar-refractivity contribution in [1.82, 2.24) is 0 Å². The van der Waals surface area contributed by atoms with Gasteiger partial charge in [0.2, 0.25) is 6.79 Å². The molecule has 3 atom stereocenters. The molecule has 6 nitrogen and oxygen atoms in total. The van der Waals surface area contributed by atoms with Gasteiger partial charge in [0, 0.05) is 12.5 Å². The standard InChI is InChI=1S/C20H19NO5S/c1-2-24-12-20(11-21)18(14-8-9-16-17(10-14)26-13-25-16)19(20)27(22,23)15-6-4-3-5-7-15/h3-10,18-19H,2,12-13H2,1H3/t18-,19+,20+/m1/s1. The molecule has 1 heterocycles. The highest BCUT2D eigenvalue weighted by Crippen LogP contribution is 2.64. The monoisotopic (exact) mass is 385 g/mol. The Morgan fingerprint density at radius 1 is 1.19 bits per heavy atom. The van der Waals surface area contributed by atoms with E-state index in [1.54, 1.807) is 48.5 Å². The molecule has 1 fully saturated rings. The first-order valence-corrected chi connectivity index (χ1v) is 10.3. The summed E-state index contributed by atoms with van der Waals surface area (Å²) in [4.78, 5) is 0.217. The number of hydrogen-bond donors (Lipinski definition) is 0. The van der Waals surface area contributed by atoms with Crippen molar-refractivity contribution in [3.05, 3.63) is 54.1 Å². The van der Waals surface area contributed by atoms with Crippen molar-refractivity contribution in [3.8, 4) is 17.6 Å². The van der Waals surface area contributed by atoms with Crippen LogP contribution in [0.1, 0.15) is 18.4 Å². The van der Waals surface area contributed by atoms with Crippen LogP contribution in [0.15, 0.2) is 53.4 Å². The van der Waals surface area contributed by atoms with E-state index in [0.29, 0.717) is 18.1 Å². The van der Waals surface area contributed by atoms with Crippen molar-refractivity contribution in [2.45, 2.75) is 23.0 Å². The molecule has 0 amide bonds. The number of nitriles is 1. The van der Waals surface area contributed by atoms with E-state index in [2.05, 4.69) is 6.07 Å². The lowest BCUT2D eigenvalue weighted by Gasteiger charge is -2.10. The number of rotatable bonds is 6. The van der Waals surface area contributed by atoms with E-state index in [1.165, 1.54) is 0 Å². The summed E-state index contributed by atoms with van der Waals surface area (Å²) in [5, 5.41) is 9.07. The Bertz CT molecular complexity index is 999. The quantitative estimate of drug-likeness (QED) is 0.760. The van der Waals surface area contributed by atoms with Crippen LogP contribution in [0.25, 0.3) is 0 Å². The molecule has 0 N–H and O–H groups in total. The lowest BCUT2D eigenvalue weighted by Crippen LogP contribution is -2.19. The number of fused-ring (bicyclic) bond motifs is 1. The number of sulfone groups is 1. The summed E-state index contributed by atoms with van der Waals surface area (Å²) in [5.41, 5.74) is -0.386. The Balaban J connectivity index is 1.77. The Hall–Kier alpha value is -2.56. The van der Waals surface area contributed by atoms with E-state index in [4.69, 9.17) is 14.2 Å². The van der Waals surface area contributed by atoms with Crippen LogP contribution in [-0.4, -0.2) is 33.7 Å². The summed E-state index contributed by atoms with van der Waals surface area (Å²) in [5.74, 6) is 0.696. The maximum Gasteiger partial charge on any atom is 0.231 e. The van der Waals surface area contributed by atoms with Crippen LogP contribution in [0, 0.1) is 16.7 Å². The maximum atomic E-state index is 13.3. The van der Waals surface area contributed by atoms with Gasteiger partial charge in [0.1, 0.15) is 5.41 Å². The first-order chi connectivity index (χ1) is 13.0. The predicted molar refractivity (Wildman–Crippen MR) is 97.3 cm³/mol. The molecule has 0 radical (unpaired) electrons. The third-order valence-corrected chi connectivity index (χ3v) is 7.46. The number of nitrogens with zero attached hydrogens (tertiary/aromatic N) is 1. The summed E-state index contributed by atoms with van der Waals surface area (Å²) < 4.78 is 42.8. The second kappa shape index (κ2) is 6.55. The van der Waals surface area contributed by atoms with Gasteiger partial charge in [0.05, 0.1) is 22.8 Å². The van der Waals surface area contributed by atoms with E-state index in [-0.39, 0.29) is 18.3 Å². The zero-order valence-electron chi connectivity index (χ0n) is 14.8. The van der Waals surface area contributed by atoms with Crippen molar-refractivity contribution in [2.75, 3.05) is 20.0 Å². The molecule has 2 aromatic carbocycles. The van der Waals surface area contributed by atoms with Crippen molar-refractivity contribution in [1.29, 1.82) is 5.26 Å². The van der Waals surface area contributed by atoms with Crippen LogP contribution in [0.3, 0.4) is 0 Å². The van der Waals surface area contributed by atoms with Crippen molar-refractivity contribution in [2.24, 2.45) is 5.41 Å². The van der Waals surface area contributed by atoms with Crippen LogP contribution in [0.4, 0.5) is 0 Å². The smallest absolute Gasteiger partial charge is 0.231 e. The molecular formula is C20H19NO5S. The predicted octanol–water partition coefficient (Wildman–Crippen LogP) is 2.90. The van der Waals surface area contributed by atoms with Gasteiger partial charge in [-0.25, -0.2) is 8.42 Å². The minimum absolute atomic E-state index is 0.0653. The van der Waals surface area contributed by atoms with Gasteiger partial charge < -0.3 is 14.2 Å². The zero-order chi connectivity index (χ0) is 19.1. The molecule has 4 rings (SSSR count). The van der Waals surface area contributed by atoms with E-state index in [1.807, 2.05) is 6.92 Å². The van der Waals surface area contributed by atoms with Gasteiger partial charge in [-0.15, -0.1) is 0 Å². The number of ether oxygens (including phenoxy) is 3. The van der Waals surface area contributed by atoms with Gasteiger partial charge in [-0.1, -0.05) is 24.3 Å². The summed E-state index contributed by atoms with van der Waals surface area (Å²) in [6, 6.07) is 15.8. The average molecular weight is 385 g/mol. The van der Waals surface area contributed by atoms with Crippen LogP contribution in [0.2, 0.25) is 0 Å². The fourth-order valence-corrected chi connectivity index (χ4v) is 6.14. The average Bonchev–Trinajstić information content (AvgIpc) is 3.15. The molecule has 7 heteroatoms. The highest BCUT2D eigenvalue weighted by atomic mass is 32.2. The highest BCUT2D eigenvalue weighted by molar-refractivity contribution is 7.92. The van der Waals surface area contributed by atoms with E-state index in [0.717, 1.165) is 5.56 Å². The van der Waals surface area contributed by atoms with Gasteiger partial charge in [-0.2, -0.15) is 5.26 Å². The van der Waals surface area contributed by atoms with Crippen molar-refractivity contribution >= 4 is 9.84 Å². The van der Waals surface area contributed by atoms with Crippen LogP contribution < -0.4 is 9.47 Å². The van der Waals surface area contributed by atoms with Crippen LogP contribution >= 0.6 is 0 Å².